The fraction of sp³-hybridized carbons (Fsp3) is 0.423. The molecule has 3 amide bonds. The number of rotatable bonds is 11. The van der Waals surface area contributed by atoms with Crippen molar-refractivity contribution in [2.45, 2.75) is 51.1 Å². The molecule has 3 rings (SSSR count). The Bertz CT molecular complexity index is 1210. The van der Waals surface area contributed by atoms with Crippen molar-refractivity contribution in [3.8, 4) is 5.75 Å². The van der Waals surface area contributed by atoms with Crippen LogP contribution in [-0.2, 0) is 26.2 Å². The van der Waals surface area contributed by atoms with Gasteiger partial charge in [0.1, 0.15) is 16.7 Å². The smallest absolute Gasteiger partial charge is 0.269 e. The maximum Gasteiger partial charge on any atom is 0.269 e. The Hall–Kier alpha value is -3.40. The van der Waals surface area contributed by atoms with Crippen molar-refractivity contribution in [3.05, 3.63) is 59.7 Å². The second-order valence-corrected chi connectivity index (χ2v) is 11.0. The fourth-order valence-corrected chi connectivity index (χ4v) is 5.54. The summed E-state index contributed by atoms with van der Waals surface area (Å²) >= 11 is 0. The molecule has 0 fully saturated rings. The number of carbonyl (C=O) groups is 3. The lowest BCUT2D eigenvalue weighted by atomic mass is 10.1. The number of methoxy groups -OCH3 is 1. The normalized spacial score (nSPS) is 14.9. The first-order valence-electron chi connectivity index (χ1n) is 11.9. The molecule has 1 aliphatic heterocycles. The molecule has 1 heterocycles. The number of benzene rings is 2. The Morgan fingerprint density at radius 3 is 2.33 bits per heavy atom. The van der Waals surface area contributed by atoms with Gasteiger partial charge in [0.25, 0.3) is 15.9 Å². The van der Waals surface area contributed by atoms with Gasteiger partial charge in [0.2, 0.25) is 11.8 Å². The molecule has 0 spiro atoms. The van der Waals surface area contributed by atoms with Crippen LogP contribution in [0.5, 0.6) is 5.75 Å². The minimum Gasteiger partial charge on any atom is -0.497 e. The van der Waals surface area contributed by atoms with Crippen LogP contribution in [-0.4, -0.2) is 61.6 Å². The maximum absolute atomic E-state index is 13.3. The van der Waals surface area contributed by atoms with Crippen molar-refractivity contribution >= 4 is 27.7 Å². The number of fused-ring (bicyclic) bond motifs is 1. The molecule has 0 aromatic heterocycles. The van der Waals surface area contributed by atoms with E-state index in [1.165, 1.54) is 17.0 Å². The predicted molar refractivity (Wildman–Crippen MR) is 135 cm³/mol. The van der Waals surface area contributed by atoms with Gasteiger partial charge in [-0.3, -0.25) is 14.4 Å². The molecule has 0 radical (unpaired) electrons. The molecule has 9 nitrogen and oxygen atoms in total. The fourth-order valence-electron chi connectivity index (χ4n) is 3.93. The predicted octanol–water partition coefficient (Wildman–Crippen LogP) is 2.81. The molecule has 2 aromatic rings. The molecule has 194 valence electrons. The Morgan fingerprint density at radius 1 is 1.06 bits per heavy atom. The first-order chi connectivity index (χ1) is 17.1. The molecule has 0 saturated carbocycles. The molecule has 36 heavy (non-hydrogen) atoms. The third kappa shape index (κ3) is 6.04. The lowest BCUT2D eigenvalue weighted by Gasteiger charge is -2.29. The Balaban J connectivity index is 1.70. The van der Waals surface area contributed by atoms with Gasteiger partial charge in [-0.05, 0) is 49.1 Å². The molecular formula is C26H33N3O6S. The second kappa shape index (κ2) is 11.6. The molecule has 10 heteroatoms. The average molecular weight is 516 g/mol. The Kier molecular flexibility index (Phi) is 8.73. The number of hydrogen-bond acceptors (Lipinski definition) is 6. The van der Waals surface area contributed by atoms with E-state index in [4.69, 9.17) is 4.74 Å². The molecule has 0 aliphatic carbocycles. The Labute approximate surface area is 212 Å². The van der Waals surface area contributed by atoms with Crippen LogP contribution in [0.1, 0.15) is 49.5 Å². The van der Waals surface area contributed by atoms with Gasteiger partial charge >= 0.3 is 0 Å². The molecule has 1 aliphatic rings. The average Bonchev–Trinajstić information content (AvgIpc) is 3.06. The van der Waals surface area contributed by atoms with Crippen LogP contribution in [0.4, 0.5) is 0 Å². The van der Waals surface area contributed by atoms with Crippen molar-refractivity contribution in [3.63, 3.8) is 0 Å². The zero-order valence-corrected chi connectivity index (χ0v) is 21.9. The van der Waals surface area contributed by atoms with Gasteiger partial charge in [0.15, 0.2) is 0 Å². The van der Waals surface area contributed by atoms with E-state index in [1.807, 2.05) is 26.0 Å². The summed E-state index contributed by atoms with van der Waals surface area (Å²) in [4.78, 5) is 40.1. The summed E-state index contributed by atoms with van der Waals surface area (Å²) in [5.41, 5.74) is 0.959. The molecule has 1 atom stereocenters. The van der Waals surface area contributed by atoms with Gasteiger partial charge in [-0.15, -0.1) is 0 Å². The van der Waals surface area contributed by atoms with Crippen LogP contribution < -0.4 is 10.1 Å². The van der Waals surface area contributed by atoms with E-state index in [0.717, 1.165) is 9.87 Å². The minimum absolute atomic E-state index is 0.0158. The van der Waals surface area contributed by atoms with Gasteiger partial charge in [-0.25, -0.2) is 12.7 Å². The number of nitrogens with one attached hydrogen (secondary N) is 1. The van der Waals surface area contributed by atoms with E-state index in [-0.39, 0.29) is 54.1 Å². The number of sulfonamides is 1. The summed E-state index contributed by atoms with van der Waals surface area (Å²) in [7, 11) is -2.37. The summed E-state index contributed by atoms with van der Waals surface area (Å²) in [6.07, 6.45) is 0.116. The summed E-state index contributed by atoms with van der Waals surface area (Å²) in [6.45, 7) is 6.21. The molecule has 2 aromatic carbocycles. The van der Waals surface area contributed by atoms with Crippen LogP contribution >= 0.6 is 0 Å². The van der Waals surface area contributed by atoms with E-state index in [9.17, 15) is 22.8 Å². The van der Waals surface area contributed by atoms with E-state index < -0.39 is 22.0 Å². The van der Waals surface area contributed by atoms with E-state index in [2.05, 4.69) is 5.32 Å². The van der Waals surface area contributed by atoms with Gasteiger partial charge in [0, 0.05) is 26.1 Å². The molecule has 0 unspecified atom stereocenters. The molecule has 1 N–H and O–H groups in total. The maximum atomic E-state index is 13.3. The van der Waals surface area contributed by atoms with Crippen molar-refractivity contribution in [1.29, 1.82) is 0 Å². The highest BCUT2D eigenvalue weighted by Gasteiger charge is 2.40. The van der Waals surface area contributed by atoms with Gasteiger partial charge < -0.3 is 15.0 Å². The quantitative estimate of drug-likeness (QED) is 0.492. The summed E-state index contributed by atoms with van der Waals surface area (Å²) < 4.78 is 31.5. The largest absolute Gasteiger partial charge is 0.497 e. The van der Waals surface area contributed by atoms with Crippen molar-refractivity contribution in [2.24, 2.45) is 5.92 Å². The van der Waals surface area contributed by atoms with Gasteiger partial charge in [-0.2, -0.15) is 0 Å². The van der Waals surface area contributed by atoms with Crippen LogP contribution in [0.15, 0.2) is 53.4 Å². The van der Waals surface area contributed by atoms with Crippen LogP contribution in [0.3, 0.4) is 0 Å². The third-order valence-corrected chi connectivity index (χ3v) is 7.87. The van der Waals surface area contributed by atoms with E-state index >= 15 is 0 Å². The SMILES string of the molecule is COc1ccc(CN(C(=O)CCCN2C(=O)c3ccccc3S2(=O)=O)[C@@H](C)C(=O)NCC(C)C)cc1. The number of hydrogen-bond donors (Lipinski definition) is 1. The van der Waals surface area contributed by atoms with E-state index in [0.29, 0.717) is 12.3 Å². The first kappa shape index (κ1) is 27.2. The van der Waals surface area contributed by atoms with Crippen LogP contribution in [0.25, 0.3) is 0 Å². The van der Waals surface area contributed by atoms with Crippen molar-refractivity contribution in [2.75, 3.05) is 20.2 Å². The topological polar surface area (TPSA) is 113 Å². The lowest BCUT2D eigenvalue weighted by Crippen LogP contribution is -2.48. The number of carbonyl (C=O) groups excluding carboxylic acids is 3. The summed E-state index contributed by atoms with van der Waals surface area (Å²) in [5, 5.41) is 2.86. The minimum atomic E-state index is -3.93. The zero-order chi connectivity index (χ0) is 26.5. The standard InChI is InChI=1S/C26H33N3O6S/c1-18(2)16-27-25(31)19(3)28(17-20-11-13-21(35-4)14-12-20)24(30)10-7-15-29-26(32)22-8-5-6-9-23(22)36(29,33)34/h5-6,8-9,11-14,18-19H,7,10,15-17H2,1-4H3,(H,27,31)/t19-/m0/s1. The third-order valence-electron chi connectivity index (χ3n) is 6.03. The first-order valence-corrected chi connectivity index (χ1v) is 13.4. The highest BCUT2D eigenvalue weighted by Crippen LogP contribution is 2.30. The van der Waals surface area contributed by atoms with Gasteiger partial charge in [0.05, 0.1) is 12.7 Å². The zero-order valence-electron chi connectivity index (χ0n) is 21.1. The molecule has 0 bridgehead atoms. The highest BCUT2D eigenvalue weighted by atomic mass is 32.2. The van der Waals surface area contributed by atoms with Crippen molar-refractivity contribution < 1.29 is 27.5 Å². The number of amides is 3. The number of nitrogens with zero attached hydrogens (tertiary/aromatic N) is 2. The molecule has 0 saturated heterocycles. The summed E-state index contributed by atoms with van der Waals surface area (Å²) in [5.74, 6) is -0.222. The monoisotopic (exact) mass is 515 g/mol. The van der Waals surface area contributed by atoms with E-state index in [1.54, 1.807) is 38.3 Å². The lowest BCUT2D eigenvalue weighted by molar-refractivity contribution is -0.140. The van der Waals surface area contributed by atoms with Crippen LogP contribution in [0.2, 0.25) is 0 Å². The van der Waals surface area contributed by atoms with Gasteiger partial charge in [-0.1, -0.05) is 38.1 Å². The van der Waals surface area contributed by atoms with Crippen LogP contribution in [0, 0.1) is 5.92 Å². The number of ether oxygens (including phenoxy) is 1. The molecular weight excluding hydrogens is 482 g/mol. The Morgan fingerprint density at radius 2 is 1.72 bits per heavy atom. The van der Waals surface area contributed by atoms with Crippen molar-refractivity contribution in [1.82, 2.24) is 14.5 Å². The highest BCUT2D eigenvalue weighted by molar-refractivity contribution is 7.90. The summed E-state index contributed by atoms with van der Waals surface area (Å²) in [6, 6.07) is 12.5. The second-order valence-electron chi connectivity index (χ2n) is 9.17.